The molecule has 1 aliphatic rings. The fraction of sp³-hybridized carbons (Fsp3) is 0.462. The standard InChI is InChI=1S/C26H33ClN2O2S/c1-3-24(26(31)28-21-9-5-6-10-21)29(18-20-8-4-7-11-23(20)27)25(30)16-17-32-22-14-12-19(2)13-15-22/h4,7-8,11-15,21,24H,3,5-6,9-10,16-18H2,1-2H3,(H,28,31)/t24-/m0/s1. The number of nitrogens with one attached hydrogen (secondary N) is 1. The summed E-state index contributed by atoms with van der Waals surface area (Å²) in [6.07, 6.45) is 5.29. The second-order valence-electron chi connectivity index (χ2n) is 8.44. The van der Waals surface area contributed by atoms with Crippen LogP contribution in [-0.4, -0.2) is 34.6 Å². The molecule has 6 heteroatoms. The summed E-state index contributed by atoms with van der Waals surface area (Å²) in [5.41, 5.74) is 2.08. The van der Waals surface area contributed by atoms with E-state index in [-0.39, 0.29) is 17.9 Å². The average Bonchev–Trinajstić information content (AvgIpc) is 3.29. The number of halogens is 1. The first-order valence-corrected chi connectivity index (χ1v) is 12.9. The van der Waals surface area contributed by atoms with Gasteiger partial charge in [-0.15, -0.1) is 11.8 Å². The third-order valence-corrected chi connectivity index (χ3v) is 7.37. The zero-order valence-electron chi connectivity index (χ0n) is 19.0. The minimum atomic E-state index is -0.497. The molecule has 0 saturated heterocycles. The van der Waals surface area contributed by atoms with Crippen molar-refractivity contribution >= 4 is 35.2 Å². The van der Waals surface area contributed by atoms with Crippen molar-refractivity contribution in [1.29, 1.82) is 0 Å². The van der Waals surface area contributed by atoms with E-state index in [2.05, 4.69) is 36.5 Å². The molecule has 0 spiro atoms. The lowest BCUT2D eigenvalue weighted by Crippen LogP contribution is -2.51. The molecule has 2 aromatic rings. The molecule has 1 N–H and O–H groups in total. The van der Waals surface area contributed by atoms with E-state index in [0.717, 1.165) is 36.1 Å². The molecule has 0 bridgehead atoms. The second-order valence-corrected chi connectivity index (χ2v) is 10.0. The van der Waals surface area contributed by atoms with Gasteiger partial charge in [0, 0.05) is 34.7 Å². The summed E-state index contributed by atoms with van der Waals surface area (Å²) < 4.78 is 0. The zero-order chi connectivity index (χ0) is 22.9. The number of nitrogens with zero attached hydrogens (tertiary/aromatic N) is 1. The number of benzene rings is 2. The van der Waals surface area contributed by atoms with Crippen LogP contribution < -0.4 is 5.32 Å². The van der Waals surface area contributed by atoms with Crippen molar-refractivity contribution in [3.05, 3.63) is 64.7 Å². The number of aryl methyl sites for hydroxylation is 1. The maximum atomic E-state index is 13.3. The van der Waals surface area contributed by atoms with E-state index >= 15 is 0 Å². The first kappa shape index (κ1) is 24.7. The van der Waals surface area contributed by atoms with Crippen molar-refractivity contribution in [3.63, 3.8) is 0 Å². The molecule has 1 fully saturated rings. The van der Waals surface area contributed by atoms with Crippen molar-refractivity contribution in [1.82, 2.24) is 10.2 Å². The maximum Gasteiger partial charge on any atom is 0.243 e. The van der Waals surface area contributed by atoms with Crippen LogP contribution in [0.4, 0.5) is 0 Å². The number of carbonyl (C=O) groups is 2. The van der Waals surface area contributed by atoms with E-state index in [9.17, 15) is 9.59 Å². The summed E-state index contributed by atoms with van der Waals surface area (Å²) in [4.78, 5) is 29.3. The molecule has 2 amide bonds. The van der Waals surface area contributed by atoms with Gasteiger partial charge in [0.05, 0.1) is 0 Å². The molecule has 32 heavy (non-hydrogen) atoms. The Balaban J connectivity index is 1.70. The molecule has 0 aliphatic heterocycles. The third-order valence-electron chi connectivity index (χ3n) is 5.99. The highest BCUT2D eigenvalue weighted by Crippen LogP contribution is 2.24. The lowest BCUT2D eigenvalue weighted by molar-refractivity contribution is -0.141. The normalized spacial score (nSPS) is 14.8. The lowest BCUT2D eigenvalue weighted by atomic mass is 10.1. The predicted octanol–water partition coefficient (Wildman–Crippen LogP) is 6.00. The zero-order valence-corrected chi connectivity index (χ0v) is 20.6. The number of rotatable bonds is 10. The Kier molecular flexibility index (Phi) is 9.49. The Bertz CT molecular complexity index is 897. The van der Waals surface area contributed by atoms with Crippen LogP contribution in [0.1, 0.15) is 56.6 Å². The van der Waals surface area contributed by atoms with Crippen LogP contribution in [0, 0.1) is 6.92 Å². The van der Waals surface area contributed by atoms with E-state index in [1.54, 1.807) is 16.7 Å². The molecule has 1 saturated carbocycles. The van der Waals surface area contributed by atoms with E-state index in [0.29, 0.717) is 30.2 Å². The fourth-order valence-electron chi connectivity index (χ4n) is 4.13. The van der Waals surface area contributed by atoms with Gasteiger partial charge in [-0.3, -0.25) is 9.59 Å². The largest absolute Gasteiger partial charge is 0.352 e. The highest BCUT2D eigenvalue weighted by Gasteiger charge is 2.30. The topological polar surface area (TPSA) is 49.4 Å². The molecule has 1 aliphatic carbocycles. The SMILES string of the molecule is CC[C@@H](C(=O)NC1CCCC1)N(Cc1ccccc1Cl)C(=O)CCSc1ccc(C)cc1. The van der Waals surface area contributed by atoms with Crippen molar-refractivity contribution in [2.75, 3.05) is 5.75 Å². The summed E-state index contributed by atoms with van der Waals surface area (Å²) >= 11 is 8.06. The molecule has 0 radical (unpaired) electrons. The van der Waals surface area contributed by atoms with Gasteiger partial charge in [-0.25, -0.2) is 0 Å². The first-order chi connectivity index (χ1) is 15.5. The Morgan fingerprint density at radius 1 is 1.12 bits per heavy atom. The van der Waals surface area contributed by atoms with Crippen LogP contribution in [-0.2, 0) is 16.1 Å². The smallest absolute Gasteiger partial charge is 0.243 e. The average molecular weight is 473 g/mol. The van der Waals surface area contributed by atoms with E-state index < -0.39 is 6.04 Å². The van der Waals surface area contributed by atoms with Gasteiger partial charge in [-0.2, -0.15) is 0 Å². The van der Waals surface area contributed by atoms with Gasteiger partial charge in [0.15, 0.2) is 0 Å². The first-order valence-electron chi connectivity index (χ1n) is 11.5. The number of hydrogen-bond acceptors (Lipinski definition) is 3. The van der Waals surface area contributed by atoms with Crippen LogP contribution in [0.25, 0.3) is 0 Å². The summed E-state index contributed by atoms with van der Waals surface area (Å²) in [6.45, 7) is 4.36. The minimum Gasteiger partial charge on any atom is -0.352 e. The Hall–Kier alpha value is -1.98. The van der Waals surface area contributed by atoms with E-state index in [4.69, 9.17) is 11.6 Å². The Morgan fingerprint density at radius 2 is 1.81 bits per heavy atom. The molecular weight excluding hydrogens is 440 g/mol. The maximum absolute atomic E-state index is 13.3. The summed E-state index contributed by atoms with van der Waals surface area (Å²) in [5, 5.41) is 3.80. The molecule has 0 unspecified atom stereocenters. The van der Waals surface area contributed by atoms with Gasteiger partial charge >= 0.3 is 0 Å². The van der Waals surface area contributed by atoms with E-state index in [1.165, 1.54) is 5.56 Å². The highest BCUT2D eigenvalue weighted by atomic mass is 35.5. The highest BCUT2D eigenvalue weighted by molar-refractivity contribution is 7.99. The second kappa shape index (κ2) is 12.3. The van der Waals surface area contributed by atoms with Gasteiger partial charge in [-0.05, 0) is 49.9 Å². The molecule has 4 nitrogen and oxygen atoms in total. The summed E-state index contributed by atoms with van der Waals surface area (Å²) in [6, 6.07) is 15.6. The predicted molar refractivity (Wildman–Crippen MR) is 133 cm³/mol. The quantitative estimate of drug-likeness (QED) is 0.431. The van der Waals surface area contributed by atoms with E-state index in [1.807, 2.05) is 31.2 Å². The van der Waals surface area contributed by atoms with Gasteiger partial charge in [0.1, 0.15) is 6.04 Å². The van der Waals surface area contributed by atoms with Crippen LogP contribution in [0.2, 0.25) is 5.02 Å². The Morgan fingerprint density at radius 3 is 2.47 bits per heavy atom. The molecule has 172 valence electrons. The number of amides is 2. The monoisotopic (exact) mass is 472 g/mol. The van der Waals surface area contributed by atoms with Crippen LogP contribution in [0.15, 0.2) is 53.4 Å². The number of hydrogen-bond donors (Lipinski definition) is 1. The molecular formula is C26H33ClN2O2S. The summed E-state index contributed by atoms with van der Waals surface area (Å²) in [5.74, 6) is 0.602. The van der Waals surface area contributed by atoms with Crippen LogP contribution >= 0.6 is 23.4 Å². The van der Waals surface area contributed by atoms with Crippen molar-refractivity contribution in [2.45, 2.75) is 75.9 Å². The minimum absolute atomic E-state index is 0.0158. The van der Waals surface area contributed by atoms with Crippen LogP contribution in [0.3, 0.4) is 0 Å². The van der Waals surface area contributed by atoms with Crippen LogP contribution in [0.5, 0.6) is 0 Å². The van der Waals surface area contributed by atoms with Gasteiger partial charge < -0.3 is 10.2 Å². The molecule has 0 aromatic heterocycles. The molecule has 1 atom stereocenters. The number of carbonyl (C=O) groups excluding carboxylic acids is 2. The van der Waals surface area contributed by atoms with Gasteiger partial charge in [-0.1, -0.05) is 67.3 Å². The van der Waals surface area contributed by atoms with Gasteiger partial charge in [0.2, 0.25) is 11.8 Å². The fourth-order valence-corrected chi connectivity index (χ4v) is 5.17. The number of thioether (sulfide) groups is 1. The molecule has 0 heterocycles. The molecule has 3 rings (SSSR count). The van der Waals surface area contributed by atoms with Crippen molar-refractivity contribution < 1.29 is 9.59 Å². The van der Waals surface area contributed by atoms with Gasteiger partial charge in [0.25, 0.3) is 0 Å². The van der Waals surface area contributed by atoms with Crippen molar-refractivity contribution in [3.8, 4) is 0 Å². The lowest BCUT2D eigenvalue weighted by Gasteiger charge is -2.32. The third kappa shape index (κ3) is 7.01. The van der Waals surface area contributed by atoms with Crippen molar-refractivity contribution in [2.24, 2.45) is 0 Å². The summed E-state index contributed by atoms with van der Waals surface area (Å²) in [7, 11) is 0. The Labute approximate surface area is 201 Å². The molecule has 2 aromatic carbocycles.